The molecule has 0 bridgehead atoms. The maximum absolute atomic E-state index is 12.3. The number of pyridine rings is 1. The highest BCUT2D eigenvalue weighted by atomic mass is 19.4. The lowest BCUT2D eigenvalue weighted by molar-refractivity contribution is -0.154. The average molecular weight is 366 g/mol. The molecule has 26 heavy (non-hydrogen) atoms. The topological polar surface area (TPSA) is 60.5 Å². The third kappa shape index (κ3) is 4.65. The largest absolute Gasteiger partial charge is 0.493 e. The van der Waals surface area contributed by atoms with Crippen molar-refractivity contribution >= 4 is 5.91 Å². The number of ether oxygens (including phenoxy) is 2. The maximum atomic E-state index is 12.3. The smallest absolute Gasteiger partial charge is 0.422 e. The number of halogens is 3. The van der Waals surface area contributed by atoms with E-state index in [-0.39, 0.29) is 17.4 Å². The van der Waals surface area contributed by atoms with Crippen LogP contribution in [0.2, 0.25) is 0 Å². The molecular weight excluding hydrogens is 349 g/mol. The number of nitrogens with zero attached hydrogens (tertiary/aromatic N) is 1. The minimum atomic E-state index is -4.50. The molecule has 138 valence electrons. The normalized spacial score (nSPS) is 16.3. The first-order valence-electron chi connectivity index (χ1n) is 8.06. The number of benzene rings is 1. The van der Waals surface area contributed by atoms with Crippen LogP contribution in [0.5, 0.6) is 11.6 Å². The zero-order chi connectivity index (χ0) is 18.6. The summed E-state index contributed by atoms with van der Waals surface area (Å²) in [6.45, 7) is -0.708. The number of carbonyl (C=O) groups is 1. The number of carbonyl (C=O) groups excluding carboxylic acids is 1. The Morgan fingerprint density at radius 2 is 2.08 bits per heavy atom. The molecule has 1 aromatic carbocycles. The second kappa shape index (κ2) is 7.63. The molecule has 3 rings (SSSR count). The van der Waals surface area contributed by atoms with Crippen LogP contribution in [-0.4, -0.2) is 36.8 Å². The molecule has 0 saturated carbocycles. The van der Waals surface area contributed by atoms with E-state index in [4.69, 9.17) is 4.74 Å². The Bertz CT molecular complexity index is 780. The van der Waals surface area contributed by atoms with Gasteiger partial charge in [-0.15, -0.1) is 0 Å². The highest BCUT2D eigenvalue weighted by molar-refractivity contribution is 5.96. The lowest BCUT2D eigenvalue weighted by Gasteiger charge is -2.25. The summed E-state index contributed by atoms with van der Waals surface area (Å²) in [5, 5.41) is 2.72. The molecule has 1 amide bonds. The Morgan fingerprint density at radius 3 is 2.88 bits per heavy atom. The second-order valence-corrected chi connectivity index (χ2v) is 5.96. The van der Waals surface area contributed by atoms with Crippen molar-refractivity contribution < 1.29 is 27.4 Å². The van der Waals surface area contributed by atoms with Gasteiger partial charge in [0, 0.05) is 18.7 Å². The Kier molecular flexibility index (Phi) is 5.29. The van der Waals surface area contributed by atoms with E-state index in [1.807, 2.05) is 24.3 Å². The molecule has 0 radical (unpaired) electrons. The highest BCUT2D eigenvalue weighted by Crippen LogP contribution is 2.26. The van der Waals surface area contributed by atoms with E-state index < -0.39 is 18.7 Å². The van der Waals surface area contributed by atoms with Gasteiger partial charge in [-0.3, -0.25) is 4.79 Å². The third-order valence-corrected chi connectivity index (χ3v) is 3.90. The van der Waals surface area contributed by atoms with Crippen molar-refractivity contribution in [1.82, 2.24) is 10.3 Å². The fraction of sp³-hybridized carbons (Fsp3) is 0.333. The van der Waals surface area contributed by atoms with Crippen LogP contribution < -0.4 is 14.8 Å². The Hall–Kier alpha value is -2.77. The SMILES string of the molecule is O=C(NCC1COc2ccccc2C1)c1cccnc1OCC(F)(F)F. The first-order valence-corrected chi connectivity index (χ1v) is 8.06. The summed E-state index contributed by atoms with van der Waals surface area (Å²) < 4.78 is 47.3. The monoisotopic (exact) mass is 366 g/mol. The molecule has 1 N–H and O–H groups in total. The molecule has 0 spiro atoms. The van der Waals surface area contributed by atoms with E-state index in [0.717, 1.165) is 17.7 Å². The number of hydrogen-bond acceptors (Lipinski definition) is 4. The van der Waals surface area contributed by atoms with Gasteiger partial charge in [-0.1, -0.05) is 18.2 Å². The number of aromatic nitrogens is 1. The zero-order valence-electron chi connectivity index (χ0n) is 13.8. The van der Waals surface area contributed by atoms with Crippen molar-refractivity contribution in [3.05, 3.63) is 53.7 Å². The van der Waals surface area contributed by atoms with Crippen LogP contribution in [0.1, 0.15) is 15.9 Å². The molecule has 0 fully saturated rings. The Morgan fingerprint density at radius 1 is 1.27 bits per heavy atom. The fourth-order valence-corrected chi connectivity index (χ4v) is 2.68. The first-order chi connectivity index (χ1) is 12.4. The van der Waals surface area contributed by atoms with Crippen LogP contribution in [0.25, 0.3) is 0 Å². The molecule has 2 aromatic rings. The molecule has 1 atom stereocenters. The molecule has 1 aliphatic heterocycles. The fourth-order valence-electron chi connectivity index (χ4n) is 2.68. The Balaban J connectivity index is 1.59. The quantitative estimate of drug-likeness (QED) is 0.884. The van der Waals surface area contributed by atoms with E-state index in [1.165, 1.54) is 18.3 Å². The average Bonchev–Trinajstić information content (AvgIpc) is 2.64. The standard InChI is InChI=1S/C18H17F3N2O3/c19-18(20,21)11-26-17-14(5-3-7-22-17)16(24)23-9-12-8-13-4-1-2-6-15(13)25-10-12/h1-7,12H,8-11H2,(H,23,24). The van der Waals surface area contributed by atoms with Gasteiger partial charge in [-0.05, 0) is 30.2 Å². The number of para-hydroxylation sites is 1. The van der Waals surface area contributed by atoms with Gasteiger partial charge in [0.15, 0.2) is 6.61 Å². The number of rotatable bonds is 5. The number of fused-ring (bicyclic) bond motifs is 1. The van der Waals surface area contributed by atoms with Gasteiger partial charge in [0.2, 0.25) is 5.88 Å². The zero-order valence-corrected chi connectivity index (χ0v) is 13.8. The summed E-state index contributed by atoms with van der Waals surface area (Å²) in [5.74, 6) is 0.0388. The van der Waals surface area contributed by atoms with Crippen molar-refractivity contribution in [2.24, 2.45) is 5.92 Å². The van der Waals surface area contributed by atoms with E-state index in [9.17, 15) is 18.0 Å². The number of alkyl halides is 3. The van der Waals surface area contributed by atoms with Crippen molar-refractivity contribution in [2.75, 3.05) is 19.8 Å². The van der Waals surface area contributed by atoms with Gasteiger partial charge in [-0.25, -0.2) is 4.98 Å². The molecular formula is C18H17F3N2O3. The van der Waals surface area contributed by atoms with Crippen molar-refractivity contribution in [1.29, 1.82) is 0 Å². The molecule has 1 aromatic heterocycles. The van der Waals surface area contributed by atoms with Crippen LogP contribution in [0.3, 0.4) is 0 Å². The summed E-state index contributed by atoms with van der Waals surface area (Å²) in [5.41, 5.74) is 1.03. The number of amides is 1. The predicted octanol–water partition coefficient (Wildman–Crippen LogP) is 3.00. The van der Waals surface area contributed by atoms with E-state index in [0.29, 0.717) is 13.2 Å². The van der Waals surface area contributed by atoms with Crippen molar-refractivity contribution in [3.63, 3.8) is 0 Å². The third-order valence-electron chi connectivity index (χ3n) is 3.90. The first kappa shape index (κ1) is 18.0. The van der Waals surface area contributed by atoms with Crippen LogP contribution in [-0.2, 0) is 6.42 Å². The van der Waals surface area contributed by atoms with E-state index >= 15 is 0 Å². The summed E-state index contributed by atoms with van der Waals surface area (Å²) in [4.78, 5) is 16.0. The summed E-state index contributed by atoms with van der Waals surface area (Å²) >= 11 is 0. The molecule has 8 heteroatoms. The number of hydrogen-bond donors (Lipinski definition) is 1. The van der Waals surface area contributed by atoms with Crippen LogP contribution >= 0.6 is 0 Å². The minimum absolute atomic E-state index is 0.0334. The highest BCUT2D eigenvalue weighted by Gasteiger charge is 2.29. The summed E-state index contributed by atoms with van der Waals surface area (Å²) in [7, 11) is 0. The molecule has 1 unspecified atom stereocenters. The lowest BCUT2D eigenvalue weighted by atomic mass is 9.96. The van der Waals surface area contributed by atoms with Crippen LogP contribution in [0.4, 0.5) is 13.2 Å². The predicted molar refractivity (Wildman–Crippen MR) is 87.3 cm³/mol. The van der Waals surface area contributed by atoms with Crippen molar-refractivity contribution in [2.45, 2.75) is 12.6 Å². The molecule has 1 aliphatic rings. The molecule has 0 saturated heterocycles. The molecule has 0 aliphatic carbocycles. The maximum Gasteiger partial charge on any atom is 0.422 e. The van der Waals surface area contributed by atoms with Gasteiger partial charge in [0.05, 0.1) is 6.61 Å². The van der Waals surface area contributed by atoms with Gasteiger partial charge in [-0.2, -0.15) is 13.2 Å². The lowest BCUT2D eigenvalue weighted by Crippen LogP contribution is -2.35. The molecule has 5 nitrogen and oxygen atoms in total. The van der Waals surface area contributed by atoms with Gasteiger partial charge in [0.25, 0.3) is 5.91 Å². The van der Waals surface area contributed by atoms with Crippen molar-refractivity contribution in [3.8, 4) is 11.6 Å². The Labute approximate surface area is 148 Å². The second-order valence-electron chi connectivity index (χ2n) is 5.96. The minimum Gasteiger partial charge on any atom is -0.493 e. The van der Waals surface area contributed by atoms with Gasteiger partial charge in [0.1, 0.15) is 11.3 Å². The van der Waals surface area contributed by atoms with Gasteiger partial charge >= 0.3 is 6.18 Å². The van der Waals surface area contributed by atoms with Crippen LogP contribution in [0.15, 0.2) is 42.6 Å². The van der Waals surface area contributed by atoms with Gasteiger partial charge < -0.3 is 14.8 Å². The van der Waals surface area contributed by atoms with E-state index in [1.54, 1.807) is 0 Å². The molecule has 2 heterocycles. The van der Waals surface area contributed by atoms with E-state index in [2.05, 4.69) is 15.0 Å². The van der Waals surface area contributed by atoms with Crippen LogP contribution in [0, 0.1) is 5.92 Å². The summed E-state index contributed by atoms with van der Waals surface area (Å²) in [6, 6.07) is 10.5. The number of nitrogens with one attached hydrogen (secondary N) is 1. The summed E-state index contributed by atoms with van der Waals surface area (Å²) in [6.07, 6.45) is -2.48.